The topological polar surface area (TPSA) is 53.7 Å². The largest absolute Gasteiger partial charge is 0.480 e. The summed E-state index contributed by atoms with van der Waals surface area (Å²) in [6.45, 7) is 5.89. The molecule has 0 amide bonds. The number of aliphatic carboxylic acids is 1. The van der Waals surface area contributed by atoms with Crippen molar-refractivity contribution in [3.05, 3.63) is 22.6 Å². The highest BCUT2D eigenvalue weighted by Crippen LogP contribution is 2.26. The van der Waals surface area contributed by atoms with Gasteiger partial charge in [0.1, 0.15) is 5.76 Å². The van der Waals surface area contributed by atoms with Crippen molar-refractivity contribution in [1.82, 2.24) is 4.90 Å². The van der Waals surface area contributed by atoms with Gasteiger partial charge >= 0.3 is 5.97 Å². The average Bonchev–Trinajstić information content (AvgIpc) is 2.59. The van der Waals surface area contributed by atoms with E-state index in [1.165, 1.54) is 0 Å². The Morgan fingerprint density at radius 1 is 1.50 bits per heavy atom. The molecule has 0 bridgehead atoms. The second kappa shape index (κ2) is 5.50. The highest BCUT2D eigenvalue weighted by atomic mass is 79.9. The zero-order chi connectivity index (χ0) is 12.3. The normalized spacial score (nSPS) is 13.4. The van der Waals surface area contributed by atoms with E-state index in [1.807, 2.05) is 37.8 Å². The molecule has 0 radical (unpaired) electrons. The molecule has 1 unspecified atom stereocenters. The Balaban J connectivity index is 2.82. The van der Waals surface area contributed by atoms with E-state index < -0.39 is 5.97 Å². The van der Waals surface area contributed by atoms with E-state index in [4.69, 9.17) is 9.52 Å². The predicted octanol–water partition coefficient (Wildman–Crippen LogP) is 2.90. The molecule has 1 rings (SSSR count). The van der Waals surface area contributed by atoms with Crippen LogP contribution in [0.3, 0.4) is 0 Å². The third-order valence-corrected chi connectivity index (χ3v) is 2.91. The van der Waals surface area contributed by atoms with E-state index in [0.29, 0.717) is 4.67 Å². The zero-order valence-electron chi connectivity index (χ0n) is 9.61. The van der Waals surface area contributed by atoms with Gasteiger partial charge in [-0.15, -0.1) is 0 Å². The lowest BCUT2D eigenvalue weighted by molar-refractivity contribution is -0.139. The maximum absolute atomic E-state index is 10.8. The second-order valence-corrected chi connectivity index (χ2v) is 4.76. The Morgan fingerprint density at radius 2 is 2.12 bits per heavy atom. The van der Waals surface area contributed by atoms with Crippen LogP contribution in [0.25, 0.3) is 0 Å². The van der Waals surface area contributed by atoms with E-state index in [1.54, 1.807) is 0 Å². The number of carboxylic acid groups (broad SMARTS) is 1. The zero-order valence-corrected chi connectivity index (χ0v) is 11.2. The van der Waals surface area contributed by atoms with Crippen LogP contribution in [0.4, 0.5) is 0 Å². The van der Waals surface area contributed by atoms with E-state index in [2.05, 4.69) is 15.9 Å². The molecule has 16 heavy (non-hydrogen) atoms. The molecule has 0 aromatic carbocycles. The van der Waals surface area contributed by atoms with Crippen LogP contribution < -0.4 is 0 Å². The highest BCUT2D eigenvalue weighted by Gasteiger charge is 2.23. The molecule has 0 saturated heterocycles. The fourth-order valence-corrected chi connectivity index (χ4v) is 1.96. The summed E-state index contributed by atoms with van der Waals surface area (Å²) >= 11 is 3.24. The van der Waals surface area contributed by atoms with Crippen LogP contribution in [0.5, 0.6) is 0 Å². The maximum Gasteiger partial charge on any atom is 0.317 e. The fourth-order valence-electron chi connectivity index (χ4n) is 1.64. The highest BCUT2D eigenvalue weighted by molar-refractivity contribution is 9.10. The van der Waals surface area contributed by atoms with Crippen molar-refractivity contribution < 1.29 is 14.3 Å². The molecule has 1 heterocycles. The lowest BCUT2D eigenvalue weighted by atomic mass is 10.1. The van der Waals surface area contributed by atoms with Gasteiger partial charge in [0.2, 0.25) is 0 Å². The second-order valence-electron chi connectivity index (χ2n) is 3.98. The van der Waals surface area contributed by atoms with Gasteiger partial charge in [-0.05, 0) is 48.8 Å². The third-order valence-electron chi connectivity index (χ3n) is 2.48. The summed E-state index contributed by atoms with van der Waals surface area (Å²) < 4.78 is 6.10. The van der Waals surface area contributed by atoms with Crippen LogP contribution in [0.15, 0.2) is 21.2 Å². The SMILES string of the molecule is CC(C)N(CC(=O)O)C(C)c1ccc(Br)o1. The first-order valence-electron chi connectivity index (χ1n) is 5.14. The van der Waals surface area contributed by atoms with Crippen molar-refractivity contribution in [2.45, 2.75) is 32.9 Å². The number of carboxylic acids is 1. The summed E-state index contributed by atoms with van der Waals surface area (Å²) in [6.07, 6.45) is 0. The summed E-state index contributed by atoms with van der Waals surface area (Å²) in [5.41, 5.74) is 0. The molecule has 0 aliphatic carbocycles. The Bertz CT molecular complexity index is 362. The Labute approximate surface area is 103 Å². The third kappa shape index (κ3) is 3.35. The monoisotopic (exact) mass is 289 g/mol. The Hall–Kier alpha value is -0.810. The molecule has 0 fully saturated rings. The molecule has 0 aliphatic heterocycles. The molecule has 1 N–H and O–H groups in total. The molecule has 1 aromatic rings. The molecule has 0 spiro atoms. The van der Waals surface area contributed by atoms with Crippen LogP contribution in [0, 0.1) is 0 Å². The first kappa shape index (κ1) is 13.3. The summed E-state index contributed by atoms with van der Waals surface area (Å²) in [7, 11) is 0. The molecule has 4 nitrogen and oxygen atoms in total. The van der Waals surface area contributed by atoms with Crippen molar-refractivity contribution in [2.24, 2.45) is 0 Å². The molecular formula is C11H16BrNO3. The van der Waals surface area contributed by atoms with Crippen molar-refractivity contribution in [2.75, 3.05) is 6.54 Å². The smallest absolute Gasteiger partial charge is 0.317 e. The minimum Gasteiger partial charge on any atom is -0.480 e. The van der Waals surface area contributed by atoms with Gasteiger partial charge in [0, 0.05) is 6.04 Å². The Morgan fingerprint density at radius 3 is 2.50 bits per heavy atom. The van der Waals surface area contributed by atoms with E-state index in [9.17, 15) is 4.79 Å². The standard InChI is InChI=1S/C11H16BrNO3/c1-7(2)13(6-11(14)15)8(3)9-4-5-10(12)16-9/h4-5,7-8H,6H2,1-3H3,(H,14,15). The van der Waals surface area contributed by atoms with Crippen molar-refractivity contribution in [1.29, 1.82) is 0 Å². The van der Waals surface area contributed by atoms with Crippen molar-refractivity contribution >= 4 is 21.9 Å². The molecule has 1 aromatic heterocycles. The fraction of sp³-hybridized carbons (Fsp3) is 0.545. The molecule has 5 heteroatoms. The van der Waals surface area contributed by atoms with Crippen LogP contribution >= 0.6 is 15.9 Å². The van der Waals surface area contributed by atoms with E-state index in [0.717, 1.165) is 5.76 Å². The van der Waals surface area contributed by atoms with E-state index in [-0.39, 0.29) is 18.6 Å². The summed E-state index contributed by atoms with van der Waals surface area (Å²) in [5.74, 6) is -0.0620. The molecule has 0 saturated carbocycles. The number of rotatable bonds is 5. The van der Waals surface area contributed by atoms with Crippen molar-refractivity contribution in [3.8, 4) is 0 Å². The molecule has 90 valence electrons. The predicted molar refractivity (Wildman–Crippen MR) is 64.3 cm³/mol. The summed E-state index contributed by atoms with van der Waals surface area (Å²) in [6, 6.07) is 3.76. The number of furan rings is 1. The van der Waals surface area contributed by atoms with Gasteiger partial charge in [-0.2, -0.15) is 0 Å². The minimum absolute atomic E-state index is 0.0111. The molecular weight excluding hydrogens is 274 g/mol. The minimum atomic E-state index is -0.828. The maximum atomic E-state index is 10.8. The number of carbonyl (C=O) groups is 1. The van der Waals surface area contributed by atoms with Gasteiger partial charge in [0.25, 0.3) is 0 Å². The number of halogens is 1. The van der Waals surface area contributed by atoms with Crippen LogP contribution in [-0.4, -0.2) is 28.6 Å². The summed E-state index contributed by atoms with van der Waals surface area (Å²) in [4.78, 5) is 12.6. The first-order chi connectivity index (χ1) is 7.41. The van der Waals surface area contributed by atoms with Gasteiger partial charge in [-0.25, -0.2) is 0 Å². The number of hydrogen-bond donors (Lipinski definition) is 1. The van der Waals surface area contributed by atoms with Crippen LogP contribution in [0.1, 0.15) is 32.6 Å². The van der Waals surface area contributed by atoms with Gasteiger partial charge in [0.15, 0.2) is 4.67 Å². The first-order valence-corrected chi connectivity index (χ1v) is 5.94. The van der Waals surface area contributed by atoms with Crippen LogP contribution in [0.2, 0.25) is 0 Å². The lowest BCUT2D eigenvalue weighted by Crippen LogP contribution is -2.37. The number of hydrogen-bond acceptors (Lipinski definition) is 3. The summed E-state index contributed by atoms with van der Waals surface area (Å²) in [5, 5.41) is 8.85. The van der Waals surface area contributed by atoms with Gasteiger partial charge < -0.3 is 9.52 Å². The van der Waals surface area contributed by atoms with Crippen LogP contribution in [-0.2, 0) is 4.79 Å². The number of nitrogens with zero attached hydrogens (tertiary/aromatic N) is 1. The lowest BCUT2D eigenvalue weighted by Gasteiger charge is -2.29. The van der Waals surface area contributed by atoms with Gasteiger partial charge in [0.05, 0.1) is 12.6 Å². The molecule has 1 atom stereocenters. The molecule has 0 aliphatic rings. The van der Waals surface area contributed by atoms with Gasteiger partial charge in [-0.1, -0.05) is 0 Å². The van der Waals surface area contributed by atoms with Crippen molar-refractivity contribution in [3.63, 3.8) is 0 Å². The Kier molecular flexibility index (Phi) is 4.56. The average molecular weight is 290 g/mol. The quantitative estimate of drug-likeness (QED) is 0.906. The van der Waals surface area contributed by atoms with E-state index >= 15 is 0 Å². The van der Waals surface area contributed by atoms with Gasteiger partial charge in [-0.3, -0.25) is 9.69 Å².